The van der Waals surface area contributed by atoms with Gasteiger partial charge in [-0.15, -0.1) is 0 Å². The number of carbonyl (C=O) groups is 4. The molecule has 0 atom stereocenters. The van der Waals surface area contributed by atoms with E-state index in [1.54, 1.807) is 24.3 Å². The van der Waals surface area contributed by atoms with E-state index in [1.165, 1.54) is 28.4 Å². The molecule has 0 aliphatic carbocycles. The molecule has 1 aliphatic rings. The van der Waals surface area contributed by atoms with Crippen molar-refractivity contribution < 1.29 is 38.1 Å². The number of halogens is 1. The fourth-order valence-electron chi connectivity index (χ4n) is 3.24. The summed E-state index contributed by atoms with van der Waals surface area (Å²) in [5, 5.41) is 3.21. The molecule has 1 aliphatic heterocycles. The molecule has 1 aromatic carbocycles. The Morgan fingerprint density at radius 1 is 0.839 bits per heavy atom. The second kappa shape index (κ2) is 10.6. The van der Waals surface area contributed by atoms with Gasteiger partial charge in [-0.3, -0.25) is 9.59 Å². The highest BCUT2D eigenvalue weighted by atomic mass is 35.5. The first-order valence-electron chi connectivity index (χ1n) is 9.06. The fraction of sp³-hybridized carbons (Fsp3) is 0.333. The SMILES string of the molecule is COC(=O)CC1=C(C(=O)OC)C(c2cccc(Cl)c2)C(C(=O)OC)=C(CC(=O)OC)N1. The third kappa shape index (κ3) is 5.43. The predicted octanol–water partition coefficient (Wildman–Crippen LogP) is 2.01. The summed E-state index contributed by atoms with van der Waals surface area (Å²) in [6, 6.07) is 6.48. The monoisotopic (exact) mass is 451 g/mol. The van der Waals surface area contributed by atoms with Crippen LogP contribution in [0.2, 0.25) is 5.02 Å². The lowest BCUT2D eigenvalue weighted by molar-refractivity contribution is -0.140. The Morgan fingerprint density at radius 2 is 1.32 bits per heavy atom. The molecule has 0 radical (unpaired) electrons. The summed E-state index contributed by atoms with van der Waals surface area (Å²) in [5.74, 6) is -3.88. The average Bonchev–Trinajstić information content (AvgIpc) is 2.77. The van der Waals surface area contributed by atoms with Gasteiger partial charge in [0.1, 0.15) is 0 Å². The van der Waals surface area contributed by atoms with Crippen LogP contribution < -0.4 is 5.32 Å². The fourth-order valence-corrected chi connectivity index (χ4v) is 3.44. The molecule has 1 heterocycles. The summed E-state index contributed by atoms with van der Waals surface area (Å²) in [7, 11) is 4.74. The Bertz CT molecular complexity index is 912. The normalized spacial score (nSPS) is 14.0. The molecule has 31 heavy (non-hydrogen) atoms. The Hall–Kier alpha value is -3.33. The van der Waals surface area contributed by atoms with Gasteiger partial charge in [-0.1, -0.05) is 23.7 Å². The summed E-state index contributed by atoms with van der Waals surface area (Å²) in [4.78, 5) is 49.6. The second-order valence-corrected chi connectivity index (χ2v) is 6.82. The smallest absolute Gasteiger partial charge is 0.336 e. The lowest BCUT2D eigenvalue weighted by atomic mass is 9.79. The van der Waals surface area contributed by atoms with Crippen molar-refractivity contribution in [3.63, 3.8) is 0 Å². The number of nitrogens with one attached hydrogen (secondary N) is 1. The van der Waals surface area contributed by atoms with Gasteiger partial charge in [-0.25, -0.2) is 9.59 Å². The Morgan fingerprint density at radius 3 is 1.71 bits per heavy atom. The van der Waals surface area contributed by atoms with Crippen molar-refractivity contribution in [2.75, 3.05) is 28.4 Å². The topological polar surface area (TPSA) is 117 Å². The third-order valence-electron chi connectivity index (χ3n) is 4.62. The van der Waals surface area contributed by atoms with Crippen LogP contribution >= 0.6 is 11.6 Å². The zero-order valence-corrected chi connectivity index (χ0v) is 18.2. The highest BCUT2D eigenvalue weighted by molar-refractivity contribution is 6.30. The van der Waals surface area contributed by atoms with E-state index in [4.69, 9.17) is 30.5 Å². The average molecular weight is 452 g/mol. The number of rotatable bonds is 7. The molecule has 0 unspecified atom stereocenters. The molecule has 0 spiro atoms. The molecule has 0 saturated carbocycles. The standard InChI is InChI=1S/C21H22ClNO8/c1-28-15(24)9-13-18(20(26)30-3)17(11-6-5-7-12(22)8-11)19(21(27)31-4)14(23-13)10-16(25)29-2/h5-8,17,23H,9-10H2,1-4H3. The molecular formula is C21H22ClNO8. The van der Waals surface area contributed by atoms with Crippen LogP contribution in [0.5, 0.6) is 0 Å². The minimum Gasteiger partial charge on any atom is -0.469 e. The van der Waals surface area contributed by atoms with Crippen LogP contribution in [0.15, 0.2) is 46.8 Å². The summed E-state index contributed by atoms with van der Waals surface area (Å²) >= 11 is 6.14. The van der Waals surface area contributed by atoms with E-state index in [2.05, 4.69) is 5.32 Å². The summed E-state index contributed by atoms with van der Waals surface area (Å²) < 4.78 is 19.3. The van der Waals surface area contributed by atoms with Crippen molar-refractivity contribution in [2.45, 2.75) is 18.8 Å². The van der Waals surface area contributed by atoms with Gasteiger partial charge in [0, 0.05) is 16.4 Å². The first-order chi connectivity index (χ1) is 14.8. The molecule has 0 amide bonds. The van der Waals surface area contributed by atoms with Crippen molar-refractivity contribution in [3.8, 4) is 0 Å². The van der Waals surface area contributed by atoms with Crippen LogP contribution in [0.25, 0.3) is 0 Å². The number of dihydropyridines is 1. The van der Waals surface area contributed by atoms with Gasteiger partial charge in [0.2, 0.25) is 0 Å². The molecule has 0 bridgehead atoms. The molecule has 2 rings (SSSR count). The first-order valence-corrected chi connectivity index (χ1v) is 9.43. The summed E-state index contributed by atoms with van der Waals surface area (Å²) in [6.45, 7) is 0. The largest absolute Gasteiger partial charge is 0.469 e. The van der Waals surface area contributed by atoms with E-state index in [9.17, 15) is 19.2 Å². The van der Waals surface area contributed by atoms with Gasteiger partial charge in [0.05, 0.1) is 58.3 Å². The lowest BCUT2D eigenvalue weighted by Gasteiger charge is -2.32. The van der Waals surface area contributed by atoms with Gasteiger partial charge in [0.25, 0.3) is 0 Å². The first kappa shape index (κ1) is 23.9. The van der Waals surface area contributed by atoms with Gasteiger partial charge >= 0.3 is 23.9 Å². The van der Waals surface area contributed by atoms with Crippen LogP contribution in [-0.2, 0) is 38.1 Å². The molecule has 1 aromatic rings. The van der Waals surface area contributed by atoms with Crippen LogP contribution in [0, 0.1) is 0 Å². The maximum Gasteiger partial charge on any atom is 0.336 e. The Kier molecular flexibility index (Phi) is 8.21. The van der Waals surface area contributed by atoms with E-state index in [0.29, 0.717) is 10.6 Å². The minimum absolute atomic E-state index is 0.0100. The van der Waals surface area contributed by atoms with Crippen LogP contribution in [-0.4, -0.2) is 52.3 Å². The Labute approximate surface area is 183 Å². The molecule has 166 valence electrons. The van der Waals surface area contributed by atoms with E-state index in [0.717, 1.165) is 0 Å². The zero-order valence-electron chi connectivity index (χ0n) is 17.4. The van der Waals surface area contributed by atoms with Crippen LogP contribution in [0.3, 0.4) is 0 Å². The number of carbonyl (C=O) groups excluding carboxylic acids is 4. The molecule has 0 aromatic heterocycles. The van der Waals surface area contributed by atoms with E-state index in [1.807, 2.05) is 0 Å². The highest BCUT2D eigenvalue weighted by Gasteiger charge is 2.40. The molecular weight excluding hydrogens is 430 g/mol. The molecule has 1 N–H and O–H groups in total. The number of ether oxygens (including phenoxy) is 4. The van der Waals surface area contributed by atoms with E-state index in [-0.39, 0.29) is 35.4 Å². The summed E-state index contributed by atoms with van der Waals surface area (Å²) in [5.41, 5.74) is 0.679. The number of hydrogen-bond donors (Lipinski definition) is 1. The second-order valence-electron chi connectivity index (χ2n) is 6.39. The quantitative estimate of drug-likeness (QED) is 0.490. The van der Waals surface area contributed by atoms with Gasteiger partial charge in [-0.05, 0) is 17.7 Å². The molecule has 0 saturated heterocycles. The highest BCUT2D eigenvalue weighted by Crippen LogP contribution is 2.41. The van der Waals surface area contributed by atoms with E-state index >= 15 is 0 Å². The van der Waals surface area contributed by atoms with Crippen molar-refractivity contribution in [1.82, 2.24) is 5.32 Å². The lowest BCUT2D eigenvalue weighted by Crippen LogP contribution is -2.35. The predicted molar refractivity (Wildman–Crippen MR) is 109 cm³/mol. The number of methoxy groups -OCH3 is 4. The van der Waals surface area contributed by atoms with Crippen molar-refractivity contribution in [3.05, 3.63) is 57.4 Å². The van der Waals surface area contributed by atoms with Crippen molar-refractivity contribution in [2.24, 2.45) is 0 Å². The van der Waals surface area contributed by atoms with Gasteiger partial charge in [0.15, 0.2) is 0 Å². The number of benzene rings is 1. The molecule has 0 fully saturated rings. The minimum atomic E-state index is -1.03. The van der Waals surface area contributed by atoms with E-state index < -0.39 is 29.8 Å². The maximum absolute atomic E-state index is 12.8. The summed E-state index contributed by atoms with van der Waals surface area (Å²) in [6.07, 6.45) is -0.672. The Balaban J connectivity index is 2.84. The third-order valence-corrected chi connectivity index (χ3v) is 4.85. The van der Waals surface area contributed by atoms with Gasteiger partial charge < -0.3 is 24.3 Å². The van der Waals surface area contributed by atoms with Crippen molar-refractivity contribution >= 4 is 35.5 Å². The molecule has 9 nitrogen and oxygen atoms in total. The van der Waals surface area contributed by atoms with Crippen molar-refractivity contribution in [1.29, 1.82) is 0 Å². The number of esters is 4. The maximum atomic E-state index is 12.8. The zero-order chi connectivity index (χ0) is 23.1. The van der Waals surface area contributed by atoms with Crippen LogP contribution in [0.1, 0.15) is 24.3 Å². The van der Waals surface area contributed by atoms with Gasteiger partial charge in [-0.2, -0.15) is 0 Å². The molecule has 10 heteroatoms. The van der Waals surface area contributed by atoms with Crippen LogP contribution in [0.4, 0.5) is 0 Å². The number of hydrogen-bond acceptors (Lipinski definition) is 9.